The fraction of sp³-hybridized carbons (Fsp3) is 0.571. The van der Waals surface area contributed by atoms with Gasteiger partial charge in [-0.15, -0.1) is 0 Å². The zero-order chi connectivity index (χ0) is 13.9. The molecule has 5 heteroatoms. The van der Waals surface area contributed by atoms with Crippen LogP contribution in [0.4, 0.5) is 4.39 Å². The number of ketones is 1. The minimum absolute atomic E-state index is 0.0112. The molecular weight excluding hydrogens is 249 g/mol. The quantitative estimate of drug-likeness (QED) is 0.787. The second-order valence-corrected chi connectivity index (χ2v) is 4.78. The number of ether oxygens (including phenoxy) is 2. The smallest absolute Gasteiger partial charge is 0.251 e. The molecule has 4 nitrogen and oxygen atoms in total. The highest BCUT2D eigenvalue weighted by Gasteiger charge is 2.38. The van der Waals surface area contributed by atoms with E-state index in [9.17, 15) is 9.18 Å². The first-order valence-corrected chi connectivity index (χ1v) is 6.54. The van der Waals surface area contributed by atoms with E-state index >= 15 is 0 Å². The molecule has 1 aromatic heterocycles. The maximum atomic E-state index is 14.2. The predicted octanol–water partition coefficient (Wildman–Crippen LogP) is 2.76. The van der Waals surface area contributed by atoms with E-state index in [-0.39, 0.29) is 17.2 Å². The van der Waals surface area contributed by atoms with Crippen LogP contribution in [-0.4, -0.2) is 29.6 Å². The summed E-state index contributed by atoms with van der Waals surface area (Å²) in [5, 5.41) is 0. The molecule has 0 aliphatic carbocycles. The first-order valence-electron chi connectivity index (χ1n) is 6.54. The van der Waals surface area contributed by atoms with Gasteiger partial charge in [0.1, 0.15) is 5.60 Å². The highest BCUT2D eigenvalue weighted by molar-refractivity contribution is 6.02. The Labute approximate surface area is 111 Å². The third kappa shape index (κ3) is 2.76. The number of pyridine rings is 1. The summed E-state index contributed by atoms with van der Waals surface area (Å²) in [5.74, 6) is -1.18. The lowest BCUT2D eigenvalue weighted by Crippen LogP contribution is -2.41. The van der Waals surface area contributed by atoms with Crippen molar-refractivity contribution >= 4 is 5.78 Å². The molecule has 1 aliphatic heterocycles. The van der Waals surface area contributed by atoms with Crippen LogP contribution < -0.4 is 4.74 Å². The third-order valence-electron chi connectivity index (χ3n) is 3.33. The molecular formula is C14H18FNO3. The van der Waals surface area contributed by atoms with Gasteiger partial charge in [0.05, 0.1) is 12.2 Å². The molecule has 0 aromatic carbocycles. The number of nitrogens with zero attached hydrogens (tertiary/aromatic N) is 1. The Morgan fingerprint density at radius 1 is 1.58 bits per heavy atom. The highest BCUT2D eigenvalue weighted by atomic mass is 19.1. The summed E-state index contributed by atoms with van der Waals surface area (Å²) in [6.07, 6.45) is 3.84. The lowest BCUT2D eigenvalue weighted by atomic mass is 9.88. The minimum atomic E-state index is -0.941. The molecule has 1 aliphatic rings. The van der Waals surface area contributed by atoms with E-state index in [0.717, 1.165) is 12.8 Å². The Balaban J connectivity index is 2.30. The van der Waals surface area contributed by atoms with E-state index in [2.05, 4.69) is 4.98 Å². The summed E-state index contributed by atoms with van der Waals surface area (Å²) in [6, 6.07) is 1.38. The van der Waals surface area contributed by atoms with Crippen molar-refractivity contribution in [2.75, 3.05) is 13.2 Å². The molecule has 0 saturated carbocycles. The number of rotatable bonds is 4. The molecule has 0 spiro atoms. The molecule has 0 N–H and O–H groups in total. The van der Waals surface area contributed by atoms with Gasteiger partial charge in [-0.05, 0) is 39.2 Å². The van der Waals surface area contributed by atoms with Crippen molar-refractivity contribution < 1.29 is 18.7 Å². The third-order valence-corrected chi connectivity index (χ3v) is 3.33. The van der Waals surface area contributed by atoms with Gasteiger partial charge in [0.15, 0.2) is 11.6 Å². The molecule has 2 heterocycles. The molecule has 0 bridgehead atoms. The van der Waals surface area contributed by atoms with Crippen LogP contribution in [0.15, 0.2) is 12.3 Å². The molecule has 0 radical (unpaired) electrons. The molecule has 2 rings (SSSR count). The van der Waals surface area contributed by atoms with Crippen molar-refractivity contribution in [2.45, 2.75) is 38.7 Å². The number of halogens is 1. The molecule has 1 fully saturated rings. The number of hydrogen-bond donors (Lipinski definition) is 0. The van der Waals surface area contributed by atoms with Crippen LogP contribution in [0, 0.1) is 5.82 Å². The fourth-order valence-corrected chi connectivity index (χ4v) is 2.24. The normalized spacial score (nSPS) is 23.1. The Kier molecular flexibility index (Phi) is 4.14. The summed E-state index contributed by atoms with van der Waals surface area (Å²) in [5.41, 5.74) is -0.952. The first-order chi connectivity index (χ1) is 9.08. The second-order valence-electron chi connectivity index (χ2n) is 4.78. The van der Waals surface area contributed by atoms with E-state index in [1.807, 2.05) is 0 Å². The van der Waals surface area contributed by atoms with Gasteiger partial charge in [0, 0.05) is 12.8 Å². The summed E-state index contributed by atoms with van der Waals surface area (Å²) in [6.45, 7) is 4.29. The monoisotopic (exact) mass is 267 g/mol. The van der Waals surface area contributed by atoms with E-state index in [1.54, 1.807) is 13.8 Å². The summed E-state index contributed by atoms with van der Waals surface area (Å²) in [4.78, 5) is 16.2. The lowest BCUT2D eigenvalue weighted by Gasteiger charge is -2.32. The van der Waals surface area contributed by atoms with Gasteiger partial charge in [-0.2, -0.15) is 0 Å². The number of aromatic nitrogens is 1. The van der Waals surface area contributed by atoms with Crippen LogP contribution in [0.2, 0.25) is 0 Å². The van der Waals surface area contributed by atoms with Crippen molar-refractivity contribution in [2.24, 2.45) is 0 Å². The predicted molar refractivity (Wildman–Crippen MR) is 67.9 cm³/mol. The molecule has 1 saturated heterocycles. The topological polar surface area (TPSA) is 48.4 Å². The van der Waals surface area contributed by atoms with Crippen molar-refractivity contribution in [1.29, 1.82) is 0 Å². The van der Waals surface area contributed by atoms with Crippen LogP contribution in [0.3, 0.4) is 0 Å². The van der Waals surface area contributed by atoms with E-state index in [0.29, 0.717) is 19.6 Å². The summed E-state index contributed by atoms with van der Waals surface area (Å²) in [7, 11) is 0. The number of carbonyl (C=O) groups is 1. The average molecular weight is 267 g/mol. The first kappa shape index (κ1) is 13.9. The maximum absolute atomic E-state index is 14.2. The average Bonchev–Trinajstić information content (AvgIpc) is 2.41. The van der Waals surface area contributed by atoms with Crippen molar-refractivity contribution in [3.8, 4) is 5.88 Å². The molecule has 1 atom stereocenters. The van der Waals surface area contributed by atoms with Gasteiger partial charge in [0.2, 0.25) is 0 Å². The highest BCUT2D eigenvalue weighted by Crippen LogP contribution is 2.30. The molecule has 0 amide bonds. The van der Waals surface area contributed by atoms with Crippen LogP contribution in [0.25, 0.3) is 0 Å². The van der Waals surface area contributed by atoms with E-state index < -0.39 is 11.4 Å². The Morgan fingerprint density at radius 2 is 2.37 bits per heavy atom. The SMILES string of the molecule is CCOc1nccc(C(=O)C2(C)CCCCO2)c1F. The van der Waals surface area contributed by atoms with Crippen LogP contribution in [0.5, 0.6) is 5.88 Å². The Bertz CT molecular complexity index is 470. The fourth-order valence-electron chi connectivity index (χ4n) is 2.24. The zero-order valence-corrected chi connectivity index (χ0v) is 11.2. The standard InChI is InChI=1S/C14H18FNO3/c1-3-18-13-11(15)10(6-8-16-13)12(17)14(2)7-4-5-9-19-14/h6,8H,3-5,7,9H2,1-2H3. The lowest BCUT2D eigenvalue weighted by molar-refractivity contribution is -0.0428. The Hall–Kier alpha value is -1.49. The van der Waals surface area contributed by atoms with Gasteiger partial charge in [0.25, 0.3) is 5.88 Å². The van der Waals surface area contributed by atoms with Crippen LogP contribution >= 0.6 is 0 Å². The number of carbonyl (C=O) groups excluding carboxylic acids is 1. The van der Waals surface area contributed by atoms with Crippen molar-refractivity contribution in [3.63, 3.8) is 0 Å². The molecule has 1 unspecified atom stereocenters. The van der Waals surface area contributed by atoms with Gasteiger partial charge >= 0.3 is 0 Å². The molecule has 19 heavy (non-hydrogen) atoms. The summed E-state index contributed by atoms with van der Waals surface area (Å²) >= 11 is 0. The molecule has 104 valence electrons. The van der Waals surface area contributed by atoms with Gasteiger partial charge in [-0.1, -0.05) is 0 Å². The molecule has 1 aromatic rings. The van der Waals surface area contributed by atoms with Gasteiger partial charge < -0.3 is 9.47 Å². The van der Waals surface area contributed by atoms with Crippen LogP contribution in [0.1, 0.15) is 43.5 Å². The van der Waals surface area contributed by atoms with E-state index in [4.69, 9.17) is 9.47 Å². The zero-order valence-electron chi connectivity index (χ0n) is 11.2. The van der Waals surface area contributed by atoms with Gasteiger partial charge in [-0.3, -0.25) is 4.79 Å². The van der Waals surface area contributed by atoms with Gasteiger partial charge in [-0.25, -0.2) is 9.37 Å². The van der Waals surface area contributed by atoms with Crippen molar-refractivity contribution in [3.05, 3.63) is 23.6 Å². The van der Waals surface area contributed by atoms with E-state index in [1.165, 1.54) is 12.3 Å². The van der Waals surface area contributed by atoms with Crippen LogP contribution in [-0.2, 0) is 4.74 Å². The Morgan fingerprint density at radius 3 is 3.00 bits per heavy atom. The number of hydrogen-bond acceptors (Lipinski definition) is 4. The second kappa shape index (κ2) is 5.65. The summed E-state index contributed by atoms with van der Waals surface area (Å²) < 4.78 is 24.8. The minimum Gasteiger partial charge on any atom is -0.476 e. The number of Topliss-reactive ketones (excluding diaryl/α,β-unsaturated/α-hetero) is 1. The van der Waals surface area contributed by atoms with Crippen molar-refractivity contribution in [1.82, 2.24) is 4.98 Å². The maximum Gasteiger partial charge on any atom is 0.251 e. The largest absolute Gasteiger partial charge is 0.476 e.